The minimum absolute atomic E-state index is 0.144. The van der Waals surface area contributed by atoms with Gasteiger partial charge < -0.3 is 0 Å². The number of nitrogens with one attached hydrogen (secondary N) is 1. The van der Waals surface area contributed by atoms with Crippen LogP contribution in [0.4, 0.5) is 0 Å². The van der Waals surface area contributed by atoms with Gasteiger partial charge in [0.15, 0.2) is 0 Å². The van der Waals surface area contributed by atoms with Crippen molar-refractivity contribution in [3.63, 3.8) is 0 Å². The van der Waals surface area contributed by atoms with Gasteiger partial charge in [-0.15, -0.1) is 0 Å². The van der Waals surface area contributed by atoms with E-state index in [1.165, 1.54) is 0 Å². The van der Waals surface area contributed by atoms with Crippen molar-refractivity contribution in [1.82, 2.24) is 0 Å². The summed E-state index contributed by atoms with van der Waals surface area (Å²) in [5.74, 6) is 0.144. The van der Waals surface area contributed by atoms with E-state index in [9.17, 15) is 0 Å². The van der Waals surface area contributed by atoms with Crippen LogP contribution in [-0.2, 0) is 0 Å². The van der Waals surface area contributed by atoms with Crippen molar-refractivity contribution in [3.8, 4) is 0 Å². The van der Waals surface area contributed by atoms with E-state index < -0.39 is 0 Å². The normalized spacial score (nSPS) is 10.5. The molecule has 0 saturated carbocycles. The Morgan fingerprint density at radius 2 is 2.75 bits per heavy atom. The zero-order chi connectivity index (χ0) is 4.28. The Balaban J connectivity index is 3.20. The molecule has 0 spiro atoms. The summed E-state index contributed by atoms with van der Waals surface area (Å²) < 4.78 is 6.43. The molecule has 4 heavy (non-hydrogen) atoms. The number of rotatable bonds is 1. The lowest BCUT2D eigenvalue weighted by Gasteiger charge is -1.41. The van der Waals surface area contributed by atoms with Crippen molar-refractivity contribution < 1.29 is 1.37 Å². The Kier molecular flexibility index (Phi) is 1.49. The summed E-state index contributed by atoms with van der Waals surface area (Å²) in [6.07, 6.45) is 0. The van der Waals surface area contributed by atoms with Gasteiger partial charge in [0.1, 0.15) is 0 Å². The molecular weight excluding hydrogens is 69.0 g/mol. The predicted octanol–water partition coefficient (Wildman–Crippen LogP) is 1.84. The lowest BCUT2D eigenvalue weighted by molar-refractivity contribution is 1.65. The molecule has 1 nitrogen and oxygen atoms in total. The maximum Gasteiger partial charge on any atom is 0.0685 e. The van der Waals surface area contributed by atoms with E-state index >= 15 is 0 Å². The fraction of sp³-hybridized carbons (Fsp3) is 0. The highest BCUT2D eigenvalue weighted by Crippen LogP contribution is 1.86. The molecule has 0 aliphatic heterocycles. The Bertz CT molecular complexity index is 60.7. The standard InChI is InChI=1S/C2H4NP/c1-2-4-3/h2-3H,1H2/i2T. The molecule has 22 valence electrons. The third-order valence-electron chi connectivity index (χ3n) is 0.0791. The molecule has 0 rings (SSSR count). The molecule has 0 aromatic carbocycles. The van der Waals surface area contributed by atoms with Gasteiger partial charge in [-0.3, -0.25) is 5.16 Å². The zero-order valence-corrected chi connectivity index (χ0v) is 3.05. The van der Waals surface area contributed by atoms with Crippen LogP contribution < -0.4 is 0 Å². The molecule has 0 aliphatic rings. The summed E-state index contributed by atoms with van der Waals surface area (Å²) in [6, 6.07) is 0. The third kappa shape index (κ3) is 1.84. The van der Waals surface area contributed by atoms with Crippen LogP contribution >= 0.6 is 8.37 Å². The van der Waals surface area contributed by atoms with Gasteiger partial charge in [0, 0.05) is 8.37 Å². The molecule has 1 N–H and O–H groups in total. The largest absolute Gasteiger partial charge is 0.279 e. The molecule has 0 aromatic heterocycles. The molecule has 0 radical (unpaired) electrons. The molecule has 0 amide bonds. The first-order chi connectivity index (χ1) is 2.27. The molecule has 0 saturated heterocycles. The number of hydrogen-bond donors (Lipinski definition) is 1. The highest BCUT2D eigenvalue weighted by Gasteiger charge is 1.33. The predicted molar refractivity (Wildman–Crippen MR) is 19.8 cm³/mol. The van der Waals surface area contributed by atoms with E-state index in [-0.39, 0.29) is 14.2 Å². The topological polar surface area (TPSA) is 23.9 Å². The molecule has 0 aliphatic carbocycles. The van der Waals surface area contributed by atoms with Gasteiger partial charge in [0.2, 0.25) is 0 Å². The SMILES string of the molecule is [3H]C(=C)P=N. The van der Waals surface area contributed by atoms with Gasteiger partial charge >= 0.3 is 0 Å². The highest BCUT2D eigenvalue weighted by atomic mass is 31.1. The maximum atomic E-state index is 6.43. The van der Waals surface area contributed by atoms with Crippen molar-refractivity contribution in [3.05, 3.63) is 12.4 Å². The van der Waals surface area contributed by atoms with Gasteiger partial charge in [-0.1, -0.05) is 6.58 Å². The Hall–Kier alpha value is -0.160. The first kappa shape index (κ1) is 2.10. The molecular formula is C2H4NP. The lowest BCUT2D eigenvalue weighted by atomic mass is 11.3. The van der Waals surface area contributed by atoms with Crippen molar-refractivity contribution in [2.24, 2.45) is 0 Å². The molecule has 0 fully saturated rings. The average Bonchev–Trinajstić information content (AvgIpc) is 1.38. The van der Waals surface area contributed by atoms with E-state index in [1.54, 1.807) is 0 Å². The van der Waals surface area contributed by atoms with Crippen LogP contribution in [0.25, 0.3) is 0 Å². The Morgan fingerprint density at radius 3 is 2.75 bits per heavy atom. The van der Waals surface area contributed by atoms with Gasteiger partial charge in [0.05, 0.1) is 1.37 Å². The Morgan fingerprint density at radius 1 is 2.50 bits per heavy atom. The average molecular weight is 75.0 g/mol. The summed E-state index contributed by atoms with van der Waals surface area (Å²) in [6.45, 7) is 3.14. The molecule has 0 bridgehead atoms. The second-order valence-corrected chi connectivity index (χ2v) is 0.810. The van der Waals surface area contributed by atoms with Crippen LogP contribution in [0, 0.1) is 5.16 Å². The van der Waals surface area contributed by atoms with Gasteiger partial charge in [-0.2, -0.15) is 0 Å². The van der Waals surface area contributed by atoms with Crippen LogP contribution in [0.3, 0.4) is 0 Å². The summed E-state index contributed by atoms with van der Waals surface area (Å²) in [5.41, 5.74) is 0. The van der Waals surface area contributed by atoms with Gasteiger partial charge in [-0.05, 0) is 5.79 Å². The van der Waals surface area contributed by atoms with E-state index in [0.717, 1.165) is 0 Å². The minimum atomic E-state index is 0.144. The molecule has 0 unspecified atom stereocenters. The Labute approximate surface area is 28.4 Å². The van der Waals surface area contributed by atoms with E-state index in [2.05, 4.69) is 6.58 Å². The fourth-order valence-electron chi connectivity index (χ4n) is 0. The van der Waals surface area contributed by atoms with Crippen LogP contribution in [0.5, 0.6) is 0 Å². The molecule has 0 atom stereocenters. The third-order valence-corrected chi connectivity index (χ3v) is 0.237. The van der Waals surface area contributed by atoms with Crippen LogP contribution in [-0.4, -0.2) is 0 Å². The molecule has 2 heteroatoms. The van der Waals surface area contributed by atoms with Crippen LogP contribution in [0.2, 0.25) is 0 Å². The van der Waals surface area contributed by atoms with E-state index in [4.69, 9.17) is 6.53 Å². The molecule has 0 heterocycles. The fourth-order valence-corrected chi connectivity index (χ4v) is 0. The monoisotopic (exact) mass is 75.0 g/mol. The van der Waals surface area contributed by atoms with Gasteiger partial charge in [-0.25, -0.2) is 0 Å². The second kappa shape index (κ2) is 2.84. The smallest absolute Gasteiger partial charge is 0.0685 e. The summed E-state index contributed by atoms with van der Waals surface area (Å²) in [7, 11) is 0.219. The first-order valence-electron chi connectivity index (χ1n) is 1.30. The first-order valence-corrected chi connectivity index (χ1v) is 1.70. The number of hydrogen-bond acceptors (Lipinski definition) is 1. The minimum Gasteiger partial charge on any atom is -0.279 e. The van der Waals surface area contributed by atoms with Crippen molar-refractivity contribution in [1.29, 1.82) is 5.16 Å². The summed E-state index contributed by atoms with van der Waals surface area (Å²) >= 11 is 0. The van der Waals surface area contributed by atoms with Crippen LogP contribution in [0.1, 0.15) is 1.37 Å². The molecule has 0 aromatic rings. The quantitative estimate of drug-likeness (QED) is 0.460. The highest BCUT2D eigenvalue weighted by molar-refractivity contribution is 7.29. The maximum absolute atomic E-state index is 6.43. The zero-order valence-electron chi connectivity index (χ0n) is 3.15. The van der Waals surface area contributed by atoms with E-state index in [1.807, 2.05) is 0 Å². The van der Waals surface area contributed by atoms with Crippen LogP contribution in [0.15, 0.2) is 12.4 Å². The summed E-state index contributed by atoms with van der Waals surface area (Å²) in [4.78, 5) is 0. The van der Waals surface area contributed by atoms with Crippen molar-refractivity contribution in [2.45, 2.75) is 0 Å². The van der Waals surface area contributed by atoms with Crippen molar-refractivity contribution >= 4 is 8.37 Å². The summed E-state index contributed by atoms with van der Waals surface area (Å²) in [5, 5.41) is 6.34. The van der Waals surface area contributed by atoms with Crippen molar-refractivity contribution in [2.75, 3.05) is 0 Å². The van der Waals surface area contributed by atoms with E-state index in [0.29, 0.717) is 0 Å². The second-order valence-electron chi connectivity index (χ2n) is 0.270. The lowest BCUT2D eigenvalue weighted by Crippen LogP contribution is -0.996. The van der Waals surface area contributed by atoms with Gasteiger partial charge in [0.25, 0.3) is 0 Å².